The Kier molecular flexibility index (Phi) is 4.32. The van der Waals surface area contributed by atoms with Crippen molar-refractivity contribution >= 4 is 33.2 Å². The topological polar surface area (TPSA) is 65.2 Å². The number of carbonyl (C=O) groups excluding carboxylic acids is 1. The first-order valence-corrected chi connectivity index (χ1v) is 9.15. The molecule has 0 amide bonds. The summed E-state index contributed by atoms with van der Waals surface area (Å²) in [7, 11) is 0. The van der Waals surface area contributed by atoms with Crippen molar-refractivity contribution < 1.29 is 9.53 Å². The number of nitrogen functional groups attached to an aromatic ring is 1. The molecule has 0 radical (unpaired) electrons. The van der Waals surface area contributed by atoms with E-state index in [1.807, 2.05) is 0 Å². The Balaban J connectivity index is 2.16. The van der Waals surface area contributed by atoms with Gasteiger partial charge in [-0.3, -0.25) is 0 Å². The number of anilines is 1. The van der Waals surface area contributed by atoms with E-state index in [2.05, 4.69) is 26.8 Å². The molecule has 1 aliphatic carbocycles. The van der Waals surface area contributed by atoms with Gasteiger partial charge in [0, 0.05) is 17.0 Å². The van der Waals surface area contributed by atoms with Gasteiger partial charge in [0.15, 0.2) is 0 Å². The van der Waals surface area contributed by atoms with E-state index in [-0.39, 0.29) is 5.97 Å². The number of fused-ring (bicyclic) bond motifs is 2. The van der Waals surface area contributed by atoms with Gasteiger partial charge in [0.25, 0.3) is 0 Å². The van der Waals surface area contributed by atoms with Gasteiger partial charge in [-0.2, -0.15) is 0 Å². The van der Waals surface area contributed by atoms with E-state index >= 15 is 0 Å². The van der Waals surface area contributed by atoms with Crippen LogP contribution < -0.4 is 5.73 Å². The first-order valence-electron chi connectivity index (χ1n) is 8.33. The molecule has 2 N–H and O–H groups in total. The zero-order chi connectivity index (χ0) is 16.7. The van der Waals surface area contributed by atoms with Crippen molar-refractivity contribution in [3.63, 3.8) is 0 Å². The van der Waals surface area contributed by atoms with Crippen molar-refractivity contribution in [1.29, 1.82) is 0 Å². The molecule has 1 aliphatic rings. The van der Waals surface area contributed by atoms with Gasteiger partial charge in [-0.25, -0.2) is 9.78 Å². The molecule has 2 unspecified atom stereocenters. The fourth-order valence-corrected chi connectivity index (χ4v) is 4.46. The average Bonchev–Trinajstić information content (AvgIpc) is 2.83. The Hall–Kier alpha value is -1.62. The van der Waals surface area contributed by atoms with Crippen molar-refractivity contribution in [2.24, 2.45) is 5.92 Å². The molecule has 0 spiro atoms. The second kappa shape index (κ2) is 6.11. The molecule has 2 atom stereocenters. The summed E-state index contributed by atoms with van der Waals surface area (Å²) in [4.78, 5) is 18.3. The number of rotatable bonds is 3. The van der Waals surface area contributed by atoms with Gasteiger partial charge in [0.05, 0.1) is 12.3 Å². The number of hydrogen-bond acceptors (Lipinski definition) is 5. The SMILES string of the molecule is CCOC(=O)c1sc2nc3c(cc2c1N)C(C)CCC3C(C)C. The van der Waals surface area contributed by atoms with Crippen LogP contribution in [0.1, 0.15) is 73.3 Å². The van der Waals surface area contributed by atoms with Crippen LogP contribution in [0.2, 0.25) is 0 Å². The third-order valence-corrected chi connectivity index (χ3v) is 5.94. The number of aromatic nitrogens is 1. The predicted molar refractivity (Wildman–Crippen MR) is 95.2 cm³/mol. The normalized spacial score (nSPS) is 20.7. The van der Waals surface area contributed by atoms with Gasteiger partial charge in [0.1, 0.15) is 9.71 Å². The summed E-state index contributed by atoms with van der Waals surface area (Å²) < 4.78 is 5.11. The van der Waals surface area contributed by atoms with Gasteiger partial charge in [-0.1, -0.05) is 20.8 Å². The number of esters is 1. The second-order valence-electron chi connectivity index (χ2n) is 6.71. The molecule has 0 aromatic carbocycles. The summed E-state index contributed by atoms with van der Waals surface area (Å²) in [6.45, 7) is 8.90. The summed E-state index contributed by atoms with van der Waals surface area (Å²) in [5.74, 6) is 1.19. The maximum Gasteiger partial charge on any atom is 0.350 e. The summed E-state index contributed by atoms with van der Waals surface area (Å²) in [6, 6.07) is 2.16. The van der Waals surface area contributed by atoms with Crippen molar-refractivity contribution in [2.75, 3.05) is 12.3 Å². The molecule has 2 aromatic heterocycles. The molecule has 2 aromatic rings. The molecule has 2 heterocycles. The summed E-state index contributed by atoms with van der Waals surface area (Å²) >= 11 is 1.35. The molecule has 5 heteroatoms. The van der Waals surface area contributed by atoms with E-state index in [1.54, 1.807) is 6.92 Å². The highest BCUT2D eigenvalue weighted by Gasteiger charge is 2.30. The van der Waals surface area contributed by atoms with Gasteiger partial charge >= 0.3 is 5.97 Å². The Morgan fingerprint density at radius 1 is 1.48 bits per heavy atom. The van der Waals surface area contributed by atoms with Crippen LogP contribution in [-0.2, 0) is 4.74 Å². The van der Waals surface area contributed by atoms with E-state index < -0.39 is 0 Å². The highest BCUT2D eigenvalue weighted by atomic mass is 32.1. The Morgan fingerprint density at radius 2 is 2.22 bits per heavy atom. The standard InChI is InChI=1S/C18H24N2O2S/c1-5-22-18(21)16-14(19)13-8-12-10(4)6-7-11(9(2)3)15(12)20-17(13)23-16/h8-11H,5-7,19H2,1-4H3. The van der Waals surface area contributed by atoms with Crippen LogP contribution in [0.4, 0.5) is 5.69 Å². The molecule has 23 heavy (non-hydrogen) atoms. The zero-order valence-electron chi connectivity index (χ0n) is 14.2. The van der Waals surface area contributed by atoms with Crippen LogP contribution >= 0.6 is 11.3 Å². The number of thiophene rings is 1. The molecule has 0 saturated carbocycles. The highest BCUT2D eigenvalue weighted by molar-refractivity contribution is 7.21. The minimum absolute atomic E-state index is 0.348. The largest absolute Gasteiger partial charge is 0.462 e. The molecule has 0 aliphatic heterocycles. The second-order valence-corrected chi connectivity index (χ2v) is 7.71. The maximum absolute atomic E-state index is 12.1. The lowest BCUT2D eigenvalue weighted by Gasteiger charge is -2.31. The Bertz CT molecular complexity index is 751. The van der Waals surface area contributed by atoms with Gasteiger partial charge < -0.3 is 10.5 Å². The molecule has 124 valence electrons. The molecular weight excluding hydrogens is 308 g/mol. The van der Waals surface area contributed by atoms with E-state index in [0.29, 0.717) is 34.9 Å². The summed E-state index contributed by atoms with van der Waals surface area (Å²) in [6.07, 6.45) is 2.35. The molecule has 0 fully saturated rings. The molecular formula is C18H24N2O2S. The fourth-order valence-electron chi connectivity index (χ4n) is 3.48. The molecule has 0 bridgehead atoms. The highest BCUT2D eigenvalue weighted by Crippen LogP contribution is 2.44. The van der Waals surface area contributed by atoms with Gasteiger partial charge in [-0.15, -0.1) is 11.3 Å². The van der Waals surface area contributed by atoms with E-state index in [1.165, 1.54) is 35.4 Å². The van der Waals surface area contributed by atoms with Crippen LogP contribution in [0.25, 0.3) is 10.2 Å². The monoisotopic (exact) mass is 332 g/mol. The lowest BCUT2D eigenvalue weighted by Crippen LogP contribution is -2.18. The first-order chi connectivity index (χ1) is 10.9. The number of nitrogens with two attached hydrogens (primary N) is 1. The lowest BCUT2D eigenvalue weighted by atomic mass is 9.75. The van der Waals surface area contributed by atoms with Crippen LogP contribution in [0.5, 0.6) is 0 Å². The van der Waals surface area contributed by atoms with Crippen LogP contribution in [0.3, 0.4) is 0 Å². The Labute approximate surface area is 141 Å². The smallest absolute Gasteiger partial charge is 0.350 e. The minimum Gasteiger partial charge on any atom is -0.462 e. The predicted octanol–water partition coefficient (Wildman–Crippen LogP) is 4.69. The van der Waals surface area contributed by atoms with Crippen molar-refractivity contribution in [3.05, 3.63) is 22.2 Å². The van der Waals surface area contributed by atoms with Gasteiger partial charge in [-0.05, 0) is 43.2 Å². The third-order valence-electron chi connectivity index (χ3n) is 4.84. The van der Waals surface area contributed by atoms with Crippen LogP contribution in [0, 0.1) is 5.92 Å². The number of nitrogens with zero attached hydrogens (tertiary/aromatic N) is 1. The van der Waals surface area contributed by atoms with Crippen molar-refractivity contribution in [3.8, 4) is 0 Å². The van der Waals surface area contributed by atoms with E-state index in [9.17, 15) is 4.79 Å². The summed E-state index contributed by atoms with van der Waals surface area (Å²) in [5.41, 5.74) is 9.22. The summed E-state index contributed by atoms with van der Waals surface area (Å²) in [5, 5.41) is 0.896. The zero-order valence-corrected chi connectivity index (χ0v) is 15.0. The number of pyridine rings is 1. The number of ether oxygens (including phenoxy) is 1. The van der Waals surface area contributed by atoms with Gasteiger partial charge in [0.2, 0.25) is 0 Å². The third kappa shape index (κ3) is 2.71. The van der Waals surface area contributed by atoms with Crippen molar-refractivity contribution in [2.45, 2.75) is 52.4 Å². The van der Waals surface area contributed by atoms with Crippen LogP contribution in [-0.4, -0.2) is 17.6 Å². The average molecular weight is 332 g/mol. The maximum atomic E-state index is 12.1. The van der Waals surface area contributed by atoms with Crippen molar-refractivity contribution in [1.82, 2.24) is 4.98 Å². The lowest BCUT2D eigenvalue weighted by molar-refractivity contribution is 0.0533. The first kappa shape index (κ1) is 16.2. The van der Waals surface area contributed by atoms with Crippen LogP contribution in [0.15, 0.2) is 6.07 Å². The van der Waals surface area contributed by atoms with E-state index in [0.717, 1.165) is 10.2 Å². The number of hydrogen-bond donors (Lipinski definition) is 1. The minimum atomic E-state index is -0.348. The quantitative estimate of drug-likeness (QED) is 0.828. The molecule has 4 nitrogen and oxygen atoms in total. The van der Waals surface area contributed by atoms with E-state index in [4.69, 9.17) is 15.5 Å². The molecule has 0 saturated heterocycles. The fraction of sp³-hybridized carbons (Fsp3) is 0.556. The number of carbonyl (C=O) groups is 1. The molecule has 3 rings (SSSR count). The Morgan fingerprint density at radius 3 is 2.87 bits per heavy atom.